The van der Waals surface area contributed by atoms with E-state index in [9.17, 15) is 4.79 Å². The molecule has 0 bridgehead atoms. The number of hydrogen-bond donors (Lipinski definition) is 1. The third kappa shape index (κ3) is 1.13. The number of fused-ring (bicyclic) bond motifs is 2. The van der Waals surface area contributed by atoms with E-state index >= 15 is 0 Å². The van der Waals surface area contributed by atoms with Crippen molar-refractivity contribution < 1.29 is 0 Å². The molecule has 1 aromatic carbocycles. The summed E-state index contributed by atoms with van der Waals surface area (Å²) >= 11 is 0. The van der Waals surface area contributed by atoms with Crippen LogP contribution in [-0.2, 0) is 0 Å². The molecule has 1 N–H and O–H groups in total. The summed E-state index contributed by atoms with van der Waals surface area (Å²) < 4.78 is 0. The predicted octanol–water partition coefficient (Wildman–Crippen LogP) is 2.08. The molecule has 2 heterocycles. The van der Waals surface area contributed by atoms with Gasteiger partial charge in [0, 0.05) is 28.7 Å². The molecule has 3 aromatic rings. The predicted molar refractivity (Wildman–Crippen MR) is 59.9 cm³/mol. The minimum absolute atomic E-state index is 0.0214. The Bertz CT molecular complexity index is 700. The standard InChI is InChI=1S/C12H8N2O/c15-12-9-2-1-6-13-10(9)4-3-8-5-7-14-11(8)12/h1-7,13H. The van der Waals surface area contributed by atoms with Crippen molar-refractivity contribution in [3.63, 3.8) is 0 Å². The van der Waals surface area contributed by atoms with E-state index in [0.29, 0.717) is 10.9 Å². The Labute approximate surface area is 85.4 Å². The molecule has 0 unspecified atom stereocenters. The van der Waals surface area contributed by atoms with Crippen molar-refractivity contribution in [1.82, 2.24) is 9.97 Å². The van der Waals surface area contributed by atoms with E-state index in [2.05, 4.69) is 9.97 Å². The highest BCUT2D eigenvalue weighted by atomic mass is 16.1. The monoisotopic (exact) mass is 196 g/mol. The van der Waals surface area contributed by atoms with Crippen molar-refractivity contribution >= 4 is 21.8 Å². The van der Waals surface area contributed by atoms with Crippen LogP contribution in [0.25, 0.3) is 21.8 Å². The van der Waals surface area contributed by atoms with Gasteiger partial charge in [-0.05, 0) is 24.3 Å². The van der Waals surface area contributed by atoms with Crippen LogP contribution in [0.15, 0.2) is 47.5 Å². The lowest BCUT2D eigenvalue weighted by molar-refractivity contribution is 1.41. The average molecular weight is 196 g/mol. The first-order chi connectivity index (χ1) is 7.36. The van der Waals surface area contributed by atoms with Gasteiger partial charge < -0.3 is 4.98 Å². The number of rotatable bonds is 0. The fourth-order valence-corrected chi connectivity index (χ4v) is 1.76. The summed E-state index contributed by atoms with van der Waals surface area (Å²) in [6, 6.07) is 9.28. The molecule has 0 saturated heterocycles. The summed E-state index contributed by atoms with van der Waals surface area (Å²) in [6.07, 6.45) is 3.46. The van der Waals surface area contributed by atoms with Crippen LogP contribution in [0, 0.1) is 0 Å². The van der Waals surface area contributed by atoms with E-state index in [4.69, 9.17) is 0 Å². The Morgan fingerprint density at radius 1 is 1.13 bits per heavy atom. The zero-order valence-electron chi connectivity index (χ0n) is 7.90. The molecule has 0 amide bonds. The Hall–Kier alpha value is -2.16. The second kappa shape index (κ2) is 2.92. The highest BCUT2D eigenvalue weighted by Crippen LogP contribution is 2.11. The minimum atomic E-state index is -0.0214. The van der Waals surface area contributed by atoms with Crippen LogP contribution in [0.4, 0.5) is 0 Å². The van der Waals surface area contributed by atoms with Crippen LogP contribution in [0.1, 0.15) is 0 Å². The molecule has 0 spiro atoms. The largest absolute Gasteiger partial charge is 0.361 e. The maximum absolute atomic E-state index is 12.1. The molecule has 0 radical (unpaired) electrons. The molecule has 15 heavy (non-hydrogen) atoms. The Morgan fingerprint density at radius 2 is 2.07 bits per heavy atom. The van der Waals surface area contributed by atoms with Gasteiger partial charge in [-0.15, -0.1) is 0 Å². The van der Waals surface area contributed by atoms with Gasteiger partial charge >= 0.3 is 0 Å². The number of pyridine rings is 1. The summed E-state index contributed by atoms with van der Waals surface area (Å²) in [4.78, 5) is 19.2. The summed E-state index contributed by atoms with van der Waals surface area (Å²) in [5.41, 5.74) is 1.34. The summed E-state index contributed by atoms with van der Waals surface area (Å²) in [6.45, 7) is 0. The van der Waals surface area contributed by atoms with Crippen molar-refractivity contribution in [1.29, 1.82) is 0 Å². The topological polar surface area (TPSA) is 45.8 Å². The molecule has 3 nitrogen and oxygen atoms in total. The number of aromatic amines is 1. The molecule has 0 aliphatic carbocycles. The Morgan fingerprint density at radius 3 is 3.00 bits per heavy atom. The number of aromatic nitrogens is 2. The lowest BCUT2D eigenvalue weighted by Gasteiger charge is -1.89. The van der Waals surface area contributed by atoms with E-state index in [1.807, 2.05) is 30.3 Å². The van der Waals surface area contributed by atoms with Gasteiger partial charge in [0.25, 0.3) is 0 Å². The maximum atomic E-state index is 12.1. The number of H-pyrrole nitrogens is 1. The van der Waals surface area contributed by atoms with Gasteiger partial charge in [0.15, 0.2) is 0 Å². The van der Waals surface area contributed by atoms with Crippen LogP contribution in [0.5, 0.6) is 0 Å². The first-order valence-corrected chi connectivity index (χ1v) is 4.71. The lowest BCUT2D eigenvalue weighted by Crippen LogP contribution is -1.98. The minimum Gasteiger partial charge on any atom is -0.361 e. The van der Waals surface area contributed by atoms with Gasteiger partial charge in [-0.2, -0.15) is 0 Å². The molecule has 3 heteroatoms. The molecule has 0 atom stereocenters. The maximum Gasteiger partial charge on any atom is 0.214 e. The Kier molecular flexibility index (Phi) is 1.59. The highest BCUT2D eigenvalue weighted by Gasteiger charge is 2.02. The summed E-state index contributed by atoms with van der Waals surface area (Å²) in [5.74, 6) is 0. The number of nitrogens with one attached hydrogen (secondary N) is 1. The zero-order chi connectivity index (χ0) is 10.3. The molecule has 3 rings (SSSR count). The van der Waals surface area contributed by atoms with Gasteiger partial charge in [0.05, 0.1) is 0 Å². The first-order valence-electron chi connectivity index (χ1n) is 4.71. The van der Waals surface area contributed by atoms with Gasteiger partial charge in [0.1, 0.15) is 5.52 Å². The van der Waals surface area contributed by atoms with Gasteiger partial charge in [-0.3, -0.25) is 9.78 Å². The molecule has 0 fully saturated rings. The van der Waals surface area contributed by atoms with Crippen molar-refractivity contribution in [3.8, 4) is 0 Å². The van der Waals surface area contributed by atoms with Crippen LogP contribution >= 0.6 is 0 Å². The fraction of sp³-hybridized carbons (Fsp3) is 0. The van der Waals surface area contributed by atoms with Crippen molar-refractivity contribution in [3.05, 3.63) is 52.9 Å². The normalized spacial score (nSPS) is 10.9. The summed E-state index contributed by atoms with van der Waals surface area (Å²) in [5, 5.41) is 1.55. The first kappa shape index (κ1) is 8.17. The zero-order valence-corrected chi connectivity index (χ0v) is 7.90. The SMILES string of the molecule is O=c1c2ccc[nH]c2ccc2ccnc12. The lowest BCUT2D eigenvalue weighted by atomic mass is 10.2. The van der Waals surface area contributed by atoms with Crippen molar-refractivity contribution in [2.24, 2.45) is 0 Å². The quantitative estimate of drug-likeness (QED) is 0.598. The second-order valence-electron chi connectivity index (χ2n) is 3.41. The van der Waals surface area contributed by atoms with E-state index in [1.54, 1.807) is 12.4 Å². The van der Waals surface area contributed by atoms with E-state index in [-0.39, 0.29) is 5.43 Å². The molecular weight excluding hydrogens is 188 g/mol. The molecule has 0 aliphatic rings. The third-order valence-corrected chi connectivity index (χ3v) is 2.51. The van der Waals surface area contributed by atoms with Crippen LogP contribution in [0.2, 0.25) is 0 Å². The Balaban J connectivity index is 2.71. The molecule has 72 valence electrons. The smallest absolute Gasteiger partial charge is 0.214 e. The highest BCUT2D eigenvalue weighted by molar-refractivity contribution is 5.89. The van der Waals surface area contributed by atoms with Gasteiger partial charge in [0.2, 0.25) is 5.43 Å². The third-order valence-electron chi connectivity index (χ3n) is 2.51. The van der Waals surface area contributed by atoms with Crippen LogP contribution in [0.3, 0.4) is 0 Å². The number of nitrogens with zero attached hydrogens (tertiary/aromatic N) is 1. The fourth-order valence-electron chi connectivity index (χ4n) is 1.76. The van der Waals surface area contributed by atoms with Crippen molar-refractivity contribution in [2.75, 3.05) is 0 Å². The van der Waals surface area contributed by atoms with E-state index in [1.165, 1.54) is 0 Å². The van der Waals surface area contributed by atoms with Gasteiger partial charge in [-0.1, -0.05) is 6.07 Å². The molecule has 0 aliphatic heterocycles. The van der Waals surface area contributed by atoms with E-state index < -0.39 is 0 Å². The average Bonchev–Trinajstić information content (AvgIpc) is 2.69. The van der Waals surface area contributed by atoms with Crippen LogP contribution in [-0.4, -0.2) is 9.97 Å². The summed E-state index contributed by atoms with van der Waals surface area (Å²) in [7, 11) is 0. The van der Waals surface area contributed by atoms with Crippen LogP contribution < -0.4 is 5.43 Å². The molecular formula is C12H8N2O. The van der Waals surface area contributed by atoms with Crippen molar-refractivity contribution in [2.45, 2.75) is 0 Å². The molecule has 2 aromatic heterocycles. The number of hydrogen-bond acceptors (Lipinski definition) is 2. The molecule has 0 saturated carbocycles. The van der Waals surface area contributed by atoms with E-state index in [0.717, 1.165) is 10.9 Å². The van der Waals surface area contributed by atoms with Gasteiger partial charge in [-0.25, -0.2) is 0 Å². The second-order valence-corrected chi connectivity index (χ2v) is 3.41.